The predicted molar refractivity (Wildman–Crippen MR) is 118 cm³/mol. The summed E-state index contributed by atoms with van der Waals surface area (Å²) in [5.41, 5.74) is 10.5. The Balaban J connectivity index is 1.46. The first kappa shape index (κ1) is 21.9. The van der Waals surface area contributed by atoms with Crippen LogP contribution in [0.5, 0.6) is 5.75 Å². The molecule has 0 radical (unpaired) electrons. The molecule has 0 unspecified atom stereocenters. The molecule has 2 aromatic heterocycles. The number of nitrogens with zero attached hydrogens (tertiary/aromatic N) is 3. The number of aryl methyl sites for hydroxylation is 1. The molecule has 170 valence electrons. The normalized spacial score (nSPS) is 11.4. The highest BCUT2D eigenvalue weighted by molar-refractivity contribution is 6.00. The number of carbonyl (C=O) groups excluding carboxylic acids is 1. The SMILES string of the molecule is CCc1cn2ncnc(N)c2c1-c1ccc(NC(=O)Nc2ccc(OC(F)(F)F)cc2)cc1. The molecule has 0 spiro atoms. The number of nitrogens with one attached hydrogen (secondary N) is 2. The number of nitrogen functional groups attached to an aromatic ring is 1. The van der Waals surface area contributed by atoms with Crippen molar-refractivity contribution in [1.82, 2.24) is 14.6 Å². The lowest BCUT2D eigenvalue weighted by atomic mass is 10.0. The number of hydrogen-bond acceptors (Lipinski definition) is 5. The van der Waals surface area contributed by atoms with Gasteiger partial charge in [0, 0.05) is 23.1 Å². The van der Waals surface area contributed by atoms with Gasteiger partial charge in [-0.05, 0) is 53.9 Å². The van der Waals surface area contributed by atoms with E-state index in [1.165, 1.54) is 18.5 Å². The van der Waals surface area contributed by atoms with Gasteiger partial charge >= 0.3 is 12.4 Å². The maximum absolute atomic E-state index is 12.3. The molecule has 4 rings (SSSR count). The first-order valence-electron chi connectivity index (χ1n) is 9.88. The Kier molecular flexibility index (Phi) is 5.78. The number of halogens is 3. The van der Waals surface area contributed by atoms with E-state index in [0.717, 1.165) is 35.2 Å². The molecule has 2 heterocycles. The van der Waals surface area contributed by atoms with E-state index in [2.05, 4.69) is 25.5 Å². The van der Waals surface area contributed by atoms with Crippen LogP contribution < -0.4 is 21.1 Å². The number of hydrogen-bond donors (Lipinski definition) is 3. The molecule has 0 saturated heterocycles. The fourth-order valence-electron chi connectivity index (χ4n) is 3.43. The van der Waals surface area contributed by atoms with Crippen molar-refractivity contribution < 1.29 is 22.7 Å². The number of nitrogens with two attached hydrogens (primary N) is 1. The first-order chi connectivity index (χ1) is 15.7. The number of urea groups is 1. The van der Waals surface area contributed by atoms with E-state index in [9.17, 15) is 18.0 Å². The minimum Gasteiger partial charge on any atom is -0.406 e. The van der Waals surface area contributed by atoms with Crippen LogP contribution >= 0.6 is 0 Å². The summed E-state index contributed by atoms with van der Waals surface area (Å²) in [6.45, 7) is 2.03. The molecule has 0 bridgehead atoms. The summed E-state index contributed by atoms with van der Waals surface area (Å²) in [6, 6.07) is 11.5. The number of aromatic nitrogens is 3. The van der Waals surface area contributed by atoms with Crippen molar-refractivity contribution in [2.75, 3.05) is 16.4 Å². The van der Waals surface area contributed by atoms with Gasteiger partial charge in [-0.1, -0.05) is 19.1 Å². The maximum Gasteiger partial charge on any atom is 0.573 e. The van der Waals surface area contributed by atoms with E-state index in [4.69, 9.17) is 5.73 Å². The van der Waals surface area contributed by atoms with E-state index in [0.29, 0.717) is 22.7 Å². The van der Waals surface area contributed by atoms with Crippen LogP contribution in [-0.2, 0) is 6.42 Å². The lowest BCUT2D eigenvalue weighted by Crippen LogP contribution is -2.19. The van der Waals surface area contributed by atoms with Gasteiger partial charge in [0.05, 0.1) is 0 Å². The minimum absolute atomic E-state index is 0.307. The van der Waals surface area contributed by atoms with Crippen LogP contribution in [0.15, 0.2) is 61.1 Å². The third-order valence-electron chi connectivity index (χ3n) is 4.84. The molecular weight excluding hydrogens is 437 g/mol. The van der Waals surface area contributed by atoms with Gasteiger partial charge in [0.2, 0.25) is 0 Å². The number of alkyl halides is 3. The summed E-state index contributed by atoms with van der Waals surface area (Å²) in [6.07, 6.45) is -0.697. The Morgan fingerprint density at radius 2 is 1.67 bits per heavy atom. The lowest BCUT2D eigenvalue weighted by Gasteiger charge is -2.11. The zero-order chi connectivity index (χ0) is 23.6. The van der Waals surface area contributed by atoms with E-state index >= 15 is 0 Å². The monoisotopic (exact) mass is 456 g/mol. The highest BCUT2D eigenvalue weighted by atomic mass is 19.4. The van der Waals surface area contributed by atoms with Crippen LogP contribution in [0.4, 0.5) is 35.2 Å². The number of benzene rings is 2. The molecule has 0 aliphatic heterocycles. The predicted octanol–water partition coefficient (Wildman–Crippen LogP) is 5.08. The molecule has 0 fully saturated rings. The van der Waals surface area contributed by atoms with Crippen LogP contribution in [0.1, 0.15) is 12.5 Å². The summed E-state index contributed by atoms with van der Waals surface area (Å²) < 4.78 is 42.2. The van der Waals surface area contributed by atoms with E-state index in [1.54, 1.807) is 16.6 Å². The maximum atomic E-state index is 12.3. The van der Waals surface area contributed by atoms with Gasteiger partial charge in [-0.2, -0.15) is 5.10 Å². The number of ether oxygens (including phenoxy) is 1. The number of fused-ring (bicyclic) bond motifs is 1. The molecule has 0 saturated carbocycles. The summed E-state index contributed by atoms with van der Waals surface area (Å²) in [7, 11) is 0. The zero-order valence-electron chi connectivity index (χ0n) is 17.3. The minimum atomic E-state index is -4.78. The third-order valence-corrected chi connectivity index (χ3v) is 4.84. The molecule has 0 aliphatic carbocycles. The van der Waals surface area contributed by atoms with E-state index < -0.39 is 12.4 Å². The summed E-state index contributed by atoms with van der Waals surface area (Å²) >= 11 is 0. The number of amides is 2. The average Bonchev–Trinajstić information content (AvgIpc) is 3.15. The van der Waals surface area contributed by atoms with Crippen LogP contribution in [0.2, 0.25) is 0 Å². The van der Waals surface area contributed by atoms with Crippen molar-refractivity contribution in [3.63, 3.8) is 0 Å². The number of anilines is 3. The van der Waals surface area contributed by atoms with Gasteiger partial charge in [0.15, 0.2) is 5.82 Å². The Morgan fingerprint density at radius 3 is 2.24 bits per heavy atom. The summed E-state index contributed by atoms with van der Waals surface area (Å²) in [5, 5.41) is 9.44. The lowest BCUT2D eigenvalue weighted by molar-refractivity contribution is -0.274. The zero-order valence-corrected chi connectivity index (χ0v) is 17.3. The van der Waals surface area contributed by atoms with Gasteiger partial charge in [0.1, 0.15) is 17.6 Å². The van der Waals surface area contributed by atoms with Crippen LogP contribution in [0.25, 0.3) is 16.6 Å². The molecule has 33 heavy (non-hydrogen) atoms. The molecule has 0 atom stereocenters. The van der Waals surface area contributed by atoms with Crippen molar-refractivity contribution in [3.05, 3.63) is 66.6 Å². The molecule has 11 heteroatoms. The van der Waals surface area contributed by atoms with E-state index in [1.807, 2.05) is 25.3 Å². The Morgan fingerprint density at radius 1 is 1.06 bits per heavy atom. The smallest absolute Gasteiger partial charge is 0.406 e. The van der Waals surface area contributed by atoms with Crippen molar-refractivity contribution in [2.45, 2.75) is 19.7 Å². The molecular formula is C22H19F3N6O2. The second kappa shape index (κ2) is 8.69. The van der Waals surface area contributed by atoms with Crippen molar-refractivity contribution in [1.29, 1.82) is 0 Å². The molecule has 2 aromatic carbocycles. The average molecular weight is 456 g/mol. The first-order valence-corrected chi connectivity index (χ1v) is 9.88. The third kappa shape index (κ3) is 4.97. The Hall–Kier alpha value is -4.28. The quantitative estimate of drug-likeness (QED) is 0.388. The Bertz CT molecular complexity index is 1280. The second-order valence-corrected chi connectivity index (χ2v) is 7.05. The molecule has 8 nitrogen and oxygen atoms in total. The van der Waals surface area contributed by atoms with Crippen molar-refractivity contribution >= 4 is 28.7 Å². The summed E-state index contributed by atoms with van der Waals surface area (Å²) in [5.74, 6) is -0.00679. The molecule has 0 aliphatic rings. The van der Waals surface area contributed by atoms with E-state index in [-0.39, 0.29) is 5.75 Å². The van der Waals surface area contributed by atoms with Crippen LogP contribution in [0.3, 0.4) is 0 Å². The highest BCUT2D eigenvalue weighted by Crippen LogP contribution is 2.33. The molecule has 4 N–H and O–H groups in total. The molecule has 4 aromatic rings. The fourth-order valence-corrected chi connectivity index (χ4v) is 3.43. The second-order valence-electron chi connectivity index (χ2n) is 7.05. The van der Waals surface area contributed by atoms with Gasteiger partial charge in [-0.25, -0.2) is 14.3 Å². The largest absolute Gasteiger partial charge is 0.573 e. The Labute approximate surface area is 186 Å². The van der Waals surface area contributed by atoms with Crippen LogP contribution in [-0.4, -0.2) is 27.0 Å². The number of carbonyl (C=O) groups is 1. The van der Waals surface area contributed by atoms with Crippen molar-refractivity contribution in [3.8, 4) is 16.9 Å². The van der Waals surface area contributed by atoms with Gasteiger partial charge in [-0.15, -0.1) is 13.2 Å². The number of rotatable bonds is 5. The molecule has 2 amide bonds. The van der Waals surface area contributed by atoms with Gasteiger partial charge < -0.3 is 21.1 Å². The van der Waals surface area contributed by atoms with Crippen molar-refractivity contribution in [2.24, 2.45) is 0 Å². The van der Waals surface area contributed by atoms with Crippen LogP contribution in [0, 0.1) is 0 Å². The van der Waals surface area contributed by atoms with Gasteiger partial charge in [0.25, 0.3) is 0 Å². The topological polar surface area (TPSA) is 107 Å². The highest BCUT2D eigenvalue weighted by Gasteiger charge is 2.31. The standard InChI is InChI=1S/C22H19F3N6O2/c1-2-13-11-31-19(20(26)27-12-28-31)18(13)14-3-5-15(6-4-14)29-21(32)30-16-7-9-17(10-8-16)33-22(23,24)25/h3-12H,2H2,1H3,(H2,26,27,28)(H2,29,30,32). The van der Waals surface area contributed by atoms with Gasteiger partial charge in [-0.3, -0.25) is 0 Å². The summed E-state index contributed by atoms with van der Waals surface area (Å²) in [4.78, 5) is 16.3. The fraction of sp³-hybridized carbons (Fsp3) is 0.136.